The number of hydrogen-bond acceptors (Lipinski definition) is 3. The lowest BCUT2D eigenvalue weighted by Gasteiger charge is -2.34. The third kappa shape index (κ3) is 4.31. The highest BCUT2D eigenvalue weighted by molar-refractivity contribution is 7.89. The first-order valence-electron chi connectivity index (χ1n) is 8.84. The van der Waals surface area contributed by atoms with E-state index in [1.54, 1.807) is 4.90 Å². The average molecular weight is 372 g/mol. The Morgan fingerprint density at radius 3 is 2.19 bits per heavy atom. The maximum absolute atomic E-state index is 12.6. The van der Waals surface area contributed by atoms with Crippen LogP contribution >= 0.6 is 0 Å². The molecule has 5 nitrogen and oxygen atoms in total. The van der Waals surface area contributed by atoms with Gasteiger partial charge in [0.05, 0.1) is 5.75 Å². The fraction of sp³-hybridized carbons (Fsp3) is 0.350. The van der Waals surface area contributed by atoms with E-state index in [1.807, 2.05) is 61.5 Å². The molecule has 1 aliphatic heterocycles. The molecule has 2 aromatic carbocycles. The Bertz CT molecular complexity index is 858. The molecule has 1 aliphatic rings. The number of carbonyl (C=O) groups excluding carboxylic acids is 1. The smallest absolute Gasteiger partial charge is 0.254 e. The molecule has 0 aromatic heterocycles. The zero-order chi connectivity index (χ0) is 18.6. The lowest BCUT2D eigenvalue weighted by Crippen LogP contribution is -2.51. The van der Waals surface area contributed by atoms with Crippen molar-refractivity contribution in [3.8, 4) is 0 Å². The maximum Gasteiger partial charge on any atom is 0.254 e. The maximum atomic E-state index is 12.6. The standard InChI is InChI=1S/C20H24N2O3S/c1-17-7-5-6-10-19(17)20(23)21-12-14-22(15-13-21)26(24,25)16-11-18-8-3-2-4-9-18/h2-10H,11-16H2,1H3. The van der Waals surface area contributed by atoms with Gasteiger partial charge in [0.1, 0.15) is 0 Å². The molecular weight excluding hydrogens is 348 g/mol. The van der Waals surface area contributed by atoms with Crippen LogP contribution in [0.25, 0.3) is 0 Å². The Morgan fingerprint density at radius 2 is 1.54 bits per heavy atom. The van der Waals surface area contributed by atoms with Crippen LogP contribution in [0.5, 0.6) is 0 Å². The van der Waals surface area contributed by atoms with Gasteiger partial charge in [-0.3, -0.25) is 4.79 Å². The van der Waals surface area contributed by atoms with E-state index in [4.69, 9.17) is 0 Å². The van der Waals surface area contributed by atoms with Gasteiger partial charge < -0.3 is 4.90 Å². The lowest BCUT2D eigenvalue weighted by atomic mass is 10.1. The van der Waals surface area contributed by atoms with Crippen LogP contribution in [0.1, 0.15) is 21.5 Å². The highest BCUT2D eigenvalue weighted by Gasteiger charge is 2.29. The van der Waals surface area contributed by atoms with E-state index in [2.05, 4.69) is 0 Å². The van der Waals surface area contributed by atoms with E-state index < -0.39 is 10.0 Å². The predicted molar refractivity (Wildman–Crippen MR) is 103 cm³/mol. The zero-order valence-electron chi connectivity index (χ0n) is 15.0. The predicted octanol–water partition coefficient (Wildman–Crippen LogP) is 2.33. The number of sulfonamides is 1. The van der Waals surface area contributed by atoms with Crippen molar-refractivity contribution in [2.24, 2.45) is 0 Å². The highest BCUT2D eigenvalue weighted by Crippen LogP contribution is 2.15. The van der Waals surface area contributed by atoms with Crippen molar-refractivity contribution in [1.29, 1.82) is 0 Å². The molecule has 1 amide bonds. The summed E-state index contributed by atoms with van der Waals surface area (Å²) in [5, 5.41) is 0. The molecule has 0 N–H and O–H groups in total. The van der Waals surface area contributed by atoms with Crippen LogP contribution in [0.3, 0.4) is 0 Å². The molecule has 0 saturated carbocycles. The van der Waals surface area contributed by atoms with E-state index >= 15 is 0 Å². The molecule has 2 aromatic rings. The van der Waals surface area contributed by atoms with Crippen molar-refractivity contribution >= 4 is 15.9 Å². The van der Waals surface area contributed by atoms with Gasteiger partial charge in [0.25, 0.3) is 5.91 Å². The van der Waals surface area contributed by atoms with Gasteiger partial charge in [-0.05, 0) is 30.5 Å². The summed E-state index contributed by atoms with van der Waals surface area (Å²) in [6.07, 6.45) is 0.505. The molecule has 1 heterocycles. The van der Waals surface area contributed by atoms with Crippen LogP contribution in [-0.2, 0) is 16.4 Å². The Labute approximate surface area is 155 Å². The molecule has 6 heteroatoms. The summed E-state index contributed by atoms with van der Waals surface area (Å²) in [7, 11) is -3.31. The Hall–Kier alpha value is -2.18. The summed E-state index contributed by atoms with van der Waals surface area (Å²) in [6.45, 7) is 3.48. The molecule has 0 radical (unpaired) electrons. The van der Waals surface area contributed by atoms with Gasteiger partial charge >= 0.3 is 0 Å². The molecule has 3 rings (SSSR count). The number of carbonyl (C=O) groups is 1. The molecule has 0 unspecified atom stereocenters. The van der Waals surface area contributed by atoms with Crippen LogP contribution < -0.4 is 0 Å². The van der Waals surface area contributed by atoms with Gasteiger partial charge in [0, 0.05) is 31.7 Å². The zero-order valence-corrected chi connectivity index (χ0v) is 15.8. The second kappa shape index (κ2) is 8.01. The van der Waals surface area contributed by atoms with Crippen molar-refractivity contribution in [2.75, 3.05) is 31.9 Å². The molecule has 0 aliphatic carbocycles. The summed E-state index contributed by atoms with van der Waals surface area (Å²) in [6, 6.07) is 17.1. The summed E-state index contributed by atoms with van der Waals surface area (Å²) < 4.78 is 26.7. The average Bonchev–Trinajstić information content (AvgIpc) is 2.67. The number of aryl methyl sites for hydroxylation is 2. The van der Waals surface area contributed by atoms with Gasteiger partial charge in [0.15, 0.2) is 0 Å². The van der Waals surface area contributed by atoms with Gasteiger partial charge in [-0.15, -0.1) is 0 Å². The molecule has 1 fully saturated rings. The Kier molecular flexibility index (Phi) is 5.74. The number of piperazine rings is 1. The van der Waals surface area contributed by atoms with E-state index in [0.29, 0.717) is 38.2 Å². The van der Waals surface area contributed by atoms with Crippen LogP contribution in [-0.4, -0.2) is 55.5 Å². The van der Waals surface area contributed by atoms with Gasteiger partial charge in [0.2, 0.25) is 10.0 Å². The van der Waals surface area contributed by atoms with Gasteiger partial charge in [-0.25, -0.2) is 8.42 Å². The van der Waals surface area contributed by atoms with Crippen LogP contribution in [0, 0.1) is 6.92 Å². The lowest BCUT2D eigenvalue weighted by molar-refractivity contribution is 0.0697. The monoisotopic (exact) mass is 372 g/mol. The summed E-state index contributed by atoms with van der Waals surface area (Å²) in [4.78, 5) is 14.4. The molecular formula is C20H24N2O3S. The molecule has 0 spiro atoms. The molecule has 1 saturated heterocycles. The Balaban J connectivity index is 1.57. The minimum Gasteiger partial charge on any atom is -0.336 e. The van der Waals surface area contributed by atoms with Crippen molar-refractivity contribution in [2.45, 2.75) is 13.3 Å². The molecule has 0 bridgehead atoms. The number of hydrogen-bond donors (Lipinski definition) is 0. The normalized spacial score (nSPS) is 15.8. The van der Waals surface area contributed by atoms with Crippen LogP contribution in [0.15, 0.2) is 54.6 Å². The first-order valence-corrected chi connectivity index (χ1v) is 10.4. The van der Waals surface area contributed by atoms with Crippen molar-refractivity contribution in [1.82, 2.24) is 9.21 Å². The summed E-state index contributed by atoms with van der Waals surface area (Å²) in [5.74, 6) is 0.0763. The number of amides is 1. The molecule has 0 atom stereocenters. The van der Waals surface area contributed by atoms with E-state index in [-0.39, 0.29) is 11.7 Å². The second-order valence-corrected chi connectivity index (χ2v) is 8.65. The van der Waals surface area contributed by atoms with E-state index in [9.17, 15) is 13.2 Å². The summed E-state index contributed by atoms with van der Waals surface area (Å²) in [5.41, 5.74) is 2.65. The number of nitrogens with zero attached hydrogens (tertiary/aromatic N) is 2. The first-order chi connectivity index (χ1) is 12.5. The quantitative estimate of drug-likeness (QED) is 0.809. The SMILES string of the molecule is Cc1ccccc1C(=O)N1CCN(S(=O)(=O)CCc2ccccc2)CC1. The van der Waals surface area contributed by atoms with Crippen LogP contribution in [0.4, 0.5) is 0 Å². The fourth-order valence-electron chi connectivity index (χ4n) is 3.17. The minimum atomic E-state index is -3.31. The number of benzene rings is 2. The van der Waals surface area contributed by atoms with Crippen molar-refractivity contribution in [3.05, 3.63) is 71.3 Å². The van der Waals surface area contributed by atoms with E-state index in [0.717, 1.165) is 11.1 Å². The summed E-state index contributed by atoms with van der Waals surface area (Å²) >= 11 is 0. The number of rotatable bonds is 5. The Morgan fingerprint density at radius 1 is 0.923 bits per heavy atom. The highest BCUT2D eigenvalue weighted by atomic mass is 32.2. The molecule has 26 heavy (non-hydrogen) atoms. The third-order valence-electron chi connectivity index (χ3n) is 4.79. The minimum absolute atomic E-state index is 0.0237. The third-order valence-corrected chi connectivity index (χ3v) is 6.66. The fourth-order valence-corrected chi connectivity index (χ4v) is 4.64. The van der Waals surface area contributed by atoms with Gasteiger partial charge in [-0.2, -0.15) is 4.31 Å². The van der Waals surface area contributed by atoms with Crippen molar-refractivity contribution in [3.63, 3.8) is 0 Å². The largest absolute Gasteiger partial charge is 0.336 e. The van der Waals surface area contributed by atoms with Gasteiger partial charge in [-0.1, -0.05) is 48.5 Å². The second-order valence-electron chi connectivity index (χ2n) is 6.56. The topological polar surface area (TPSA) is 57.7 Å². The first kappa shape index (κ1) is 18.6. The van der Waals surface area contributed by atoms with E-state index in [1.165, 1.54) is 4.31 Å². The van der Waals surface area contributed by atoms with Crippen LogP contribution in [0.2, 0.25) is 0 Å². The van der Waals surface area contributed by atoms with Crippen molar-refractivity contribution < 1.29 is 13.2 Å². The molecule has 138 valence electrons.